The molecule has 7 nitrogen and oxygen atoms in total. The Kier molecular flexibility index (Phi) is 2.61. The van der Waals surface area contributed by atoms with Crippen molar-refractivity contribution >= 4 is 5.91 Å². The van der Waals surface area contributed by atoms with Crippen molar-refractivity contribution in [1.29, 1.82) is 0 Å². The SMILES string of the molecule is NC1CC(NC(=O)c2c[nH]c(=O)[nH]c2=O)C1. The first-order valence-electron chi connectivity index (χ1n) is 4.94. The predicted octanol–water partition coefficient (Wildman–Crippen LogP) is -1.72. The van der Waals surface area contributed by atoms with E-state index in [0.29, 0.717) is 12.8 Å². The Morgan fingerprint density at radius 2 is 2.12 bits per heavy atom. The van der Waals surface area contributed by atoms with E-state index in [1.54, 1.807) is 0 Å². The van der Waals surface area contributed by atoms with Crippen LogP contribution in [0.5, 0.6) is 0 Å². The fourth-order valence-electron chi connectivity index (χ4n) is 1.62. The van der Waals surface area contributed by atoms with Crippen LogP contribution >= 0.6 is 0 Å². The van der Waals surface area contributed by atoms with Crippen LogP contribution in [0.15, 0.2) is 15.8 Å². The lowest BCUT2D eigenvalue weighted by Gasteiger charge is -2.32. The second kappa shape index (κ2) is 3.93. The van der Waals surface area contributed by atoms with Crippen LogP contribution in [-0.4, -0.2) is 28.0 Å². The van der Waals surface area contributed by atoms with Crippen molar-refractivity contribution in [3.8, 4) is 0 Å². The molecule has 5 N–H and O–H groups in total. The van der Waals surface area contributed by atoms with Gasteiger partial charge in [-0.05, 0) is 12.8 Å². The maximum atomic E-state index is 11.6. The molecule has 1 aromatic rings. The van der Waals surface area contributed by atoms with Gasteiger partial charge in [-0.1, -0.05) is 0 Å². The van der Waals surface area contributed by atoms with Gasteiger partial charge in [0.25, 0.3) is 11.5 Å². The lowest BCUT2D eigenvalue weighted by atomic mass is 9.87. The number of aromatic amines is 2. The molecule has 1 aromatic heterocycles. The quantitative estimate of drug-likeness (QED) is 0.477. The molecule has 7 heteroatoms. The summed E-state index contributed by atoms with van der Waals surface area (Å²) in [7, 11) is 0. The number of hydrogen-bond acceptors (Lipinski definition) is 4. The van der Waals surface area contributed by atoms with Crippen molar-refractivity contribution in [2.75, 3.05) is 0 Å². The third-order valence-electron chi connectivity index (χ3n) is 2.57. The summed E-state index contributed by atoms with van der Waals surface area (Å²) < 4.78 is 0. The van der Waals surface area contributed by atoms with Crippen LogP contribution in [0.3, 0.4) is 0 Å². The van der Waals surface area contributed by atoms with Crippen LogP contribution in [-0.2, 0) is 0 Å². The van der Waals surface area contributed by atoms with Gasteiger partial charge in [-0.15, -0.1) is 0 Å². The Balaban J connectivity index is 2.09. The molecule has 1 aliphatic carbocycles. The molecule has 0 spiro atoms. The lowest BCUT2D eigenvalue weighted by Crippen LogP contribution is -2.51. The highest BCUT2D eigenvalue weighted by Gasteiger charge is 2.28. The van der Waals surface area contributed by atoms with Gasteiger partial charge < -0.3 is 16.0 Å². The van der Waals surface area contributed by atoms with Gasteiger partial charge in [0.15, 0.2) is 0 Å². The number of carbonyl (C=O) groups excluding carboxylic acids is 1. The number of aromatic nitrogens is 2. The molecule has 16 heavy (non-hydrogen) atoms. The first kappa shape index (κ1) is 10.6. The molecule has 1 amide bonds. The van der Waals surface area contributed by atoms with Crippen molar-refractivity contribution in [2.24, 2.45) is 5.73 Å². The molecule has 1 aliphatic rings. The molecule has 0 aliphatic heterocycles. The number of rotatable bonds is 2. The van der Waals surface area contributed by atoms with E-state index in [1.807, 2.05) is 4.98 Å². The first-order chi connectivity index (χ1) is 7.56. The minimum Gasteiger partial charge on any atom is -0.349 e. The highest BCUT2D eigenvalue weighted by Crippen LogP contribution is 2.17. The van der Waals surface area contributed by atoms with E-state index in [4.69, 9.17) is 5.73 Å². The fraction of sp³-hybridized carbons (Fsp3) is 0.444. The van der Waals surface area contributed by atoms with Gasteiger partial charge in [-0.3, -0.25) is 14.6 Å². The topological polar surface area (TPSA) is 121 Å². The van der Waals surface area contributed by atoms with Crippen LogP contribution in [0, 0.1) is 0 Å². The molecule has 0 saturated heterocycles. The number of nitrogens with two attached hydrogens (primary N) is 1. The summed E-state index contributed by atoms with van der Waals surface area (Å²) in [6.07, 6.45) is 2.54. The zero-order valence-corrected chi connectivity index (χ0v) is 8.45. The minimum atomic E-state index is -0.690. The second-order valence-corrected chi connectivity index (χ2v) is 3.89. The number of carbonyl (C=O) groups is 1. The summed E-state index contributed by atoms with van der Waals surface area (Å²) in [5.41, 5.74) is 4.15. The number of H-pyrrole nitrogens is 2. The van der Waals surface area contributed by atoms with E-state index in [2.05, 4.69) is 10.3 Å². The molecule has 0 aromatic carbocycles. The molecule has 86 valence electrons. The fourth-order valence-corrected chi connectivity index (χ4v) is 1.62. The predicted molar refractivity (Wildman–Crippen MR) is 56.1 cm³/mol. The molecule has 1 heterocycles. The van der Waals surface area contributed by atoms with Gasteiger partial charge in [0.2, 0.25) is 0 Å². The van der Waals surface area contributed by atoms with Crippen LogP contribution < -0.4 is 22.3 Å². The zero-order valence-electron chi connectivity index (χ0n) is 8.45. The first-order valence-corrected chi connectivity index (χ1v) is 4.94. The summed E-state index contributed by atoms with van der Waals surface area (Å²) in [4.78, 5) is 37.8. The average Bonchev–Trinajstić information content (AvgIpc) is 2.15. The average molecular weight is 224 g/mol. The summed E-state index contributed by atoms with van der Waals surface area (Å²) in [6.45, 7) is 0. The molecule has 0 bridgehead atoms. The summed E-state index contributed by atoms with van der Waals surface area (Å²) in [6, 6.07) is 0.146. The number of nitrogens with one attached hydrogen (secondary N) is 3. The Morgan fingerprint density at radius 3 is 2.69 bits per heavy atom. The molecule has 0 unspecified atom stereocenters. The highest BCUT2D eigenvalue weighted by molar-refractivity contribution is 5.93. The molecular weight excluding hydrogens is 212 g/mol. The second-order valence-electron chi connectivity index (χ2n) is 3.89. The minimum absolute atomic E-state index is 0.0221. The van der Waals surface area contributed by atoms with Crippen LogP contribution in [0.4, 0.5) is 0 Å². The summed E-state index contributed by atoms with van der Waals surface area (Å²) >= 11 is 0. The molecule has 2 rings (SSSR count). The van der Waals surface area contributed by atoms with Crippen molar-refractivity contribution in [1.82, 2.24) is 15.3 Å². The molecule has 0 radical (unpaired) electrons. The largest absolute Gasteiger partial charge is 0.349 e. The Labute approximate surface area is 90.1 Å². The number of amides is 1. The maximum Gasteiger partial charge on any atom is 0.325 e. The summed E-state index contributed by atoms with van der Waals surface area (Å²) in [5, 5.41) is 2.66. The summed E-state index contributed by atoms with van der Waals surface area (Å²) in [5.74, 6) is -0.491. The standard InChI is InChI=1S/C9H12N4O3/c10-4-1-5(2-4)12-7(14)6-3-11-9(16)13-8(6)15/h3-5H,1-2,10H2,(H,12,14)(H2,11,13,15,16). The van der Waals surface area contributed by atoms with Crippen molar-refractivity contribution in [3.05, 3.63) is 32.6 Å². The highest BCUT2D eigenvalue weighted by atomic mass is 16.2. The van der Waals surface area contributed by atoms with E-state index >= 15 is 0 Å². The lowest BCUT2D eigenvalue weighted by molar-refractivity contribution is 0.0908. The zero-order chi connectivity index (χ0) is 11.7. The monoisotopic (exact) mass is 224 g/mol. The Morgan fingerprint density at radius 1 is 1.44 bits per heavy atom. The smallest absolute Gasteiger partial charge is 0.325 e. The van der Waals surface area contributed by atoms with E-state index in [0.717, 1.165) is 6.20 Å². The molecular formula is C9H12N4O3. The van der Waals surface area contributed by atoms with Crippen LogP contribution in [0.2, 0.25) is 0 Å². The normalized spacial score (nSPS) is 23.6. The van der Waals surface area contributed by atoms with Gasteiger partial charge in [0.05, 0.1) is 0 Å². The third-order valence-corrected chi connectivity index (χ3v) is 2.57. The van der Waals surface area contributed by atoms with E-state index < -0.39 is 17.2 Å². The Hall–Kier alpha value is -1.89. The van der Waals surface area contributed by atoms with Gasteiger partial charge in [0.1, 0.15) is 5.56 Å². The van der Waals surface area contributed by atoms with E-state index in [-0.39, 0.29) is 17.6 Å². The van der Waals surface area contributed by atoms with Gasteiger partial charge in [0, 0.05) is 18.3 Å². The molecule has 1 fully saturated rings. The van der Waals surface area contributed by atoms with E-state index in [1.165, 1.54) is 0 Å². The maximum absolute atomic E-state index is 11.6. The van der Waals surface area contributed by atoms with Crippen LogP contribution in [0.25, 0.3) is 0 Å². The van der Waals surface area contributed by atoms with Gasteiger partial charge >= 0.3 is 5.69 Å². The Bertz CT molecular complexity index is 512. The van der Waals surface area contributed by atoms with E-state index in [9.17, 15) is 14.4 Å². The third kappa shape index (κ3) is 2.03. The van der Waals surface area contributed by atoms with Crippen molar-refractivity contribution in [3.63, 3.8) is 0 Å². The number of hydrogen-bond donors (Lipinski definition) is 4. The van der Waals surface area contributed by atoms with Crippen molar-refractivity contribution in [2.45, 2.75) is 24.9 Å². The van der Waals surface area contributed by atoms with Gasteiger partial charge in [-0.25, -0.2) is 4.79 Å². The van der Waals surface area contributed by atoms with Crippen LogP contribution in [0.1, 0.15) is 23.2 Å². The van der Waals surface area contributed by atoms with Gasteiger partial charge in [-0.2, -0.15) is 0 Å². The molecule has 0 atom stereocenters. The van der Waals surface area contributed by atoms with Crippen molar-refractivity contribution < 1.29 is 4.79 Å². The molecule has 1 saturated carbocycles.